The van der Waals surface area contributed by atoms with Gasteiger partial charge in [0.05, 0.1) is 26.4 Å². The third-order valence-corrected chi connectivity index (χ3v) is 7.45. The number of fused-ring (bicyclic) bond motifs is 2. The van der Waals surface area contributed by atoms with Crippen LogP contribution < -0.4 is 11.5 Å². The van der Waals surface area contributed by atoms with Gasteiger partial charge in [-0.1, -0.05) is 36.4 Å². The second-order valence-electron chi connectivity index (χ2n) is 9.69. The molecule has 2 aliphatic heterocycles. The maximum atomic E-state index is 6.96. The smallest absolute Gasteiger partial charge is 0.0594 e. The molecule has 2 aliphatic rings. The van der Waals surface area contributed by atoms with Gasteiger partial charge in [0.25, 0.3) is 0 Å². The molecule has 0 aliphatic carbocycles. The number of nitrogens with zero attached hydrogens (tertiary/aromatic N) is 2. The Bertz CT molecular complexity index is 1090. The Morgan fingerprint density at radius 1 is 0.676 bits per heavy atom. The number of nitrogens with two attached hydrogens (primary N) is 2. The van der Waals surface area contributed by atoms with Gasteiger partial charge in [-0.25, -0.2) is 0 Å². The number of hydrogen-bond donors (Lipinski definition) is 2. The molecule has 3 aromatic carbocycles. The van der Waals surface area contributed by atoms with E-state index in [0.29, 0.717) is 0 Å². The molecule has 34 heavy (non-hydrogen) atoms. The zero-order valence-electron chi connectivity index (χ0n) is 20.1. The highest BCUT2D eigenvalue weighted by Gasteiger charge is 2.22. The van der Waals surface area contributed by atoms with Crippen LogP contribution in [0.3, 0.4) is 0 Å². The van der Waals surface area contributed by atoms with Crippen LogP contribution in [0.2, 0.25) is 0 Å². The van der Waals surface area contributed by atoms with E-state index in [1.165, 1.54) is 32.7 Å². The molecule has 0 saturated carbocycles. The minimum absolute atomic E-state index is 0.0387. The molecular weight excluding hydrogens is 424 g/mol. The highest BCUT2D eigenvalue weighted by Crippen LogP contribution is 2.35. The summed E-state index contributed by atoms with van der Waals surface area (Å²) < 4.78 is 11.0. The van der Waals surface area contributed by atoms with Crippen LogP contribution in [0.4, 0.5) is 0 Å². The molecule has 2 atom stereocenters. The molecule has 0 radical (unpaired) electrons. The Kier molecular flexibility index (Phi) is 7.74. The van der Waals surface area contributed by atoms with Crippen LogP contribution in [0.5, 0.6) is 0 Å². The lowest BCUT2D eigenvalue weighted by molar-refractivity contribution is 0.0363. The minimum Gasteiger partial charge on any atom is -0.379 e. The summed E-state index contributed by atoms with van der Waals surface area (Å²) >= 11 is 0. The van der Waals surface area contributed by atoms with Crippen molar-refractivity contribution in [2.75, 3.05) is 65.7 Å². The summed E-state index contributed by atoms with van der Waals surface area (Å²) in [5, 5.41) is 4.98. The lowest BCUT2D eigenvalue weighted by Gasteiger charge is -2.30. The van der Waals surface area contributed by atoms with Crippen LogP contribution in [0.25, 0.3) is 21.5 Å². The predicted molar refractivity (Wildman–Crippen MR) is 139 cm³/mol. The van der Waals surface area contributed by atoms with Gasteiger partial charge in [0.1, 0.15) is 0 Å². The van der Waals surface area contributed by atoms with Crippen LogP contribution in [0.15, 0.2) is 48.5 Å². The molecule has 6 nitrogen and oxygen atoms in total. The van der Waals surface area contributed by atoms with Crippen molar-refractivity contribution in [3.63, 3.8) is 0 Å². The Hall–Kier alpha value is -2.06. The Morgan fingerprint density at radius 3 is 1.85 bits per heavy atom. The van der Waals surface area contributed by atoms with E-state index in [2.05, 4.69) is 58.3 Å². The molecule has 2 saturated heterocycles. The summed E-state index contributed by atoms with van der Waals surface area (Å²) in [6.45, 7) is 9.17. The zero-order chi connectivity index (χ0) is 23.3. The van der Waals surface area contributed by atoms with Gasteiger partial charge in [-0.3, -0.25) is 9.80 Å². The van der Waals surface area contributed by atoms with E-state index in [4.69, 9.17) is 20.9 Å². The zero-order valence-corrected chi connectivity index (χ0v) is 20.1. The van der Waals surface area contributed by atoms with Crippen LogP contribution in [-0.4, -0.2) is 75.5 Å². The summed E-state index contributed by atoms with van der Waals surface area (Å²) in [4.78, 5) is 4.91. The molecule has 2 heterocycles. The van der Waals surface area contributed by atoms with Gasteiger partial charge in [0.15, 0.2) is 0 Å². The van der Waals surface area contributed by atoms with E-state index in [1.807, 2.05) is 0 Å². The average Bonchev–Trinajstić information content (AvgIpc) is 2.89. The van der Waals surface area contributed by atoms with Crippen molar-refractivity contribution in [1.29, 1.82) is 0 Å². The van der Waals surface area contributed by atoms with Gasteiger partial charge in [-0.15, -0.1) is 0 Å². The molecule has 0 amide bonds. The minimum atomic E-state index is -0.0582. The van der Waals surface area contributed by atoms with Crippen LogP contribution in [0, 0.1) is 0 Å². The first-order valence-electron chi connectivity index (χ1n) is 12.8. The van der Waals surface area contributed by atoms with Gasteiger partial charge in [0.2, 0.25) is 0 Å². The fourth-order valence-corrected chi connectivity index (χ4v) is 5.38. The summed E-state index contributed by atoms with van der Waals surface area (Å²) in [6.07, 6.45) is 1.83. The Morgan fingerprint density at radius 2 is 1.24 bits per heavy atom. The average molecular weight is 463 g/mol. The quantitative estimate of drug-likeness (QED) is 0.500. The van der Waals surface area contributed by atoms with E-state index in [-0.39, 0.29) is 12.1 Å². The van der Waals surface area contributed by atoms with Crippen molar-refractivity contribution < 1.29 is 9.47 Å². The van der Waals surface area contributed by atoms with Crippen molar-refractivity contribution in [2.45, 2.75) is 24.9 Å². The Labute approximate surface area is 202 Å². The number of morpholine rings is 2. The monoisotopic (exact) mass is 462 g/mol. The fourth-order valence-electron chi connectivity index (χ4n) is 5.38. The number of ether oxygens (including phenoxy) is 2. The van der Waals surface area contributed by atoms with Gasteiger partial charge in [-0.2, -0.15) is 0 Å². The number of hydrogen-bond acceptors (Lipinski definition) is 6. The summed E-state index contributed by atoms with van der Waals surface area (Å²) in [7, 11) is 0. The molecule has 2 unspecified atom stereocenters. The van der Waals surface area contributed by atoms with Crippen molar-refractivity contribution in [3.8, 4) is 0 Å². The topological polar surface area (TPSA) is 77.0 Å². The molecule has 0 spiro atoms. The van der Waals surface area contributed by atoms with Crippen molar-refractivity contribution in [3.05, 3.63) is 59.7 Å². The first-order valence-corrected chi connectivity index (χ1v) is 12.8. The van der Waals surface area contributed by atoms with Gasteiger partial charge in [0, 0.05) is 51.4 Å². The largest absolute Gasteiger partial charge is 0.379 e. The third-order valence-electron chi connectivity index (χ3n) is 7.45. The van der Waals surface area contributed by atoms with E-state index < -0.39 is 0 Å². The molecule has 3 aromatic rings. The summed E-state index contributed by atoms with van der Waals surface area (Å²) in [6, 6.07) is 17.5. The fraction of sp³-hybridized carbons (Fsp3) is 0.500. The molecule has 182 valence electrons. The normalized spacial score (nSPS) is 20.1. The SMILES string of the molecule is NC(CCN1CCOCC1)c1ccc2cc3ccccc3cc2c1C(N)CCN1CCOCC1. The highest BCUT2D eigenvalue weighted by molar-refractivity contribution is 6.00. The second-order valence-corrected chi connectivity index (χ2v) is 9.69. The third kappa shape index (κ3) is 5.43. The number of benzene rings is 3. The molecular formula is C28H38N4O2. The van der Waals surface area contributed by atoms with Crippen LogP contribution in [-0.2, 0) is 9.47 Å². The van der Waals surface area contributed by atoms with E-state index in [9.17, 15) is 0 Å². The lowest BCUT2D eigenvalue weighted by Crippen LogP contribution is -2.38. The van der Waals surface area contributed by atoms with E-state index in [1.54, 1.807) is 0 Å². The first kappa shape index (κ1) is 23.7. The van der Waals surface area contributed by atoms with Gasteiger partial charge < -0.3 is 20.9 Å². The van der Waals surface area contributed by atoms with Crippen molar-refractivity contribution >= 4 is 21.5 Å². The van der Waals surface area contributed by atoms with Crippen LogP contribution in [0.1, 0.15) is 36.1 Å². The molecule has 4 N–H and O–H groups in total. The molecule has 5 rings (SSSR count). The van der Waals surface area contributed by atoms with E-state index >= 15 is 0 Å². The highest BCUT2D eigenvalue weighted by atomic mass is 16.5. The van der Waals surface area contributed by atoms with Crippen LogP contribution >= 0.6 is 0 Å². The van der Waals surface area contributed by atoms with Crippen molar-refractivity contribution in [2.24, 2.45) is 11.5 Å². The molecule has 2 fully saturated rings. The second kappa shape index (κ2) is 11.1. The maximum absolute atomic E-state index is 6.96. The number of rotatable bonds is 8. The van der Waals surface area contributed by atoms with Gasteiger partial charge >= 0.3 is 0 Å². The molecule has 0 aromatic heterocycles. The predicted octanol–water partition coefficient (Wildman–Crippen LogP) is 3.44. The first-order chi connectivity index (χ1) is 16.7. The maximum Gasteiger partial charge on any atom is 0.0594 e. The standard InChI is InChI=1S/C28H38N4O2/c29-26(7-9-31-11-15-33-16-12-31)24-6-5-23-19-21-3-1-2-4-22(21)20-25(23)28(24)27(30)8-10-32-13-17-34-18-14-32/h1-6,19-20,26-27H,7-18,29-30H2. The summed E-state index contributed by atoms with van der Waals surface area (Å²) in [5.74, 6) is 0. The van der Waals surface area contributed by atoms with Gasteiger partial charge in [-0.05, 0) is 57.6 Å². The van der Waals surface area contributed by atoms with E-state index in [0.717, 1.165) is 78.5 Å². The molecule has 0 bridgehead atoms. The Balaban J connectivity index is 1.44. The molecule has 6 heteroatoms. The lowest BCUT2D eigenvalue weighted by atomic mass is 9.87. The summed E-state index contributed by atoms with van der Waals surface area (Å²) in [5.41, 5.74) is 16.2. The van der Waals surface area contributed by atoms with Crippen molar-refractivity contribution in [1.82, 2.24) is 9.80 Å².